The van der Waals surface area contributed by atoms with Gasteiger partial charge in [-0.1, -0.05) is 43.7 Å². The van der Waals surface area contributed by atoms with Crippen LogP contribution in [-0.4, -0.2) is 23.9 Å². The molecule has 1 aliphatic carbocycles. The summed E-state index contributed by atoms with van der Waals surface area (Å²) < 4.78 is 0. The van der Waals surface area contributed by atoms with Crippen molar-refractivity contribution in [1.82, 2.24) is 10.2 Å². The van der Waals surface area contributed by atoms with Crippen LogP contribution in [0.25, 0.3) is 0 Å². The van der Waals surface area contributed by atoms with Gasteiger partial charge in [-0.2, -0.15) is 0 Å². The van der Waals surface area contributed by atoms with E-state index in [1.165, 1.54) is 80.3 Å². The van der Waals surface area contributed by atoms with E-state index in [1.54, 1.807) is 0 Å². The van der Waals surface area contributed by atoms with Gasteiger partial charge in [-0.3, -0.25) is 9.69 Å². The largest absolute Gasteiger partial charge is 0.345 e. The van der Waals surface area contributed by atoms with Crippen molar-refractivity contribution in [2.45, 2.75) is 70.9 Å². The normalized spacial score (nSPS) is 18.1. The van der Waals surface area contributed by atoms with E-state index in [0.29, 0.717) is 0 Å². The lowest BCUT2D eigenvalue weighted by Gasteiger charge is -2.26. The van der Waals surface area contributed by atoms with Gasteiger partial charge in [0.15, 0.2) is 0 Å². The number of benzene rings is 2. The topological polar surface area (TPSA) is 32.3 Å². The van der Waals surface area contributed by atoms with Crippen molar-refractivity contribution >= 4 is 5.91 Å². The van der Waals surface area contributed by atoms with Crippen molar-refractivity contribution in [3.05, 3.63) is 70.3 Å². The molecule has 1 fully saturated rings. The summed E-state index contributed by atoms with van der Waals surface area (Å²) in [6.07, 6.45) is 9.82. The molecule has 0 spiro atoms. The van der Waals surface area contributed by atoms with E-state index in [1.807, 2.05) is 12.1 Å². The molecule has 0 bridgehead atoms. The number of nitrogens with one attached hydrogen (secondary N) is 1. The standard InChI is InChI=1S/C26H34N2O/c1-2-25(24-15-14-21-8-4-5-9-23(21)18-24)27-26(29)22-12-10-20(11-13-22)19-28-16-6-3-7-17-28/h10-15,18,25H,2-9,16-17,19H2,1H3,(H,27,29)/t25-/m0/s1. The molecule has 2 aromatic carbocycles. The minimum absolute atomic E-state index is 0.0269. The Labute approximate surface area is 175 Å². The van der Waals surface area contributed by atoms with Crippen molar-refractivity contribution in [2.75, 3.05) is 13.1 Å². The maximum Gasteiger partial charge on any atom is 0.251 e. The number of carbonyl (C=O) groups excluding carboxylic acids is 1. The lowest BCUT2D eigenvalue weighted by molar-refractivity contribution is 0.0935. The monoisotopic (exact) mass is 390 g/mol. The molecule has 2 aliphatic rings. The first-order valence-corrected chi connectivity index (χ1v) is 11.5. The molecule has 1 saturated heterocycles. The number of hydrogen-bond acceptors (Lipinski definition) is 2. The fraction of sp³-hybridized carbons (Fsp3) is 0.500. The van der Waals surface area contributed by atoms with Gasteiger partial charge < -0.3 is 5.32 Å². The minimum atomic E-state index is 0.0269. The molecule has 3 nitrogen and oxygen atoms in total. The quantitative estimate of drug-likeness (QED) is 0.713. The van der Waals surface area contributed by atoms with Crippen LogP contribution in [0.5, 0.6) is 0 Å². The van der Waals surface area contributed by atoms with Crippen molar-refractivity contribution in [2.24, 2.45) is 0 Å². The Bertz CT molecular complexity index is 821. The second kappa shape index (κ2) is 9.58. The Morgan fingerprint density at radius 1 is 0.931 bits per heavy atom. The number of carbonyl (C=O) groups is 1. The van der Waals surface area contributed by atoms with Gasteiger partial charge in [-0.05, 0) is 92.4 Å². The number of likely N-dealkylation sites (tertiary alicyclic amines) is 1. The summed E-state index contributed by atoms with van der Waals surface area (Å²) in [6, 6.07) is 15.1. The summed E-state index contributed by atoms with van der Waals surface area (Å²) in [5, 5.41) is 3.26. The molecule has 4 rings (SSSR count). The Morgan fingerprint density at radius 3 is 2.38 bits per heavy atom. The van der Waals surface area contributed by atoms with Crippen LogP contribution in [0.1, 0.15) is 84.1 Å². The predicted octanol–water partition coefficient (Wildman–Crippen LogP) is 5.43. The van der Waals surface area contributed by atoms with Crippen LogP contribution in [-0.2, 0) is 19.4 Å². The van der Waals surface area contributed by atoms with Gasteiger partial charge >= 0.3 is 0 Å². The van der Waals surface area contributed by atoms with Crippen molar-refractivity contribution in [1.29, 1.82) is 0 Å². The lowest BCUT2D eigenvalue weighted by atomic mass is 9.88. The van der Waals surface area contributed by atoms with Gasteiger partial charge in [-0.15, -0.1) is 0 Å². The zero-order chi connectivity index (χ0) is 20.1. The molecule has 2 aromatic rings. The maximum atomic E-state index is 12.9. The van der Waals surface area contributed by atoms with E-state index in [2.05, 4.69) is 47.5 Å². The summed E-state index contributed by atoms with van der Waals surface area (Å²) >= 11 is 0. The summed E-state index contributed by atoms with van der Waals surface area (Å²) in [7, 11) is 0. The molecule has 0 aromatic heterocycles. The maximum absolute atomic E-state index is 12.9. The number of amides is 1. The molecule has 0 saturated carbocycles. The highest BCUT2D eigenvalue weighted by atomic mass is 16.1. The van der Waals surface area contributed by atoms with Crippen LogP contribution in [0.2, 0.25) is 0 Å². The summed E-state index contributed by atoms with van der Waals surface area (Å²) in [6.45, 7) is 5.53. The minimum Gasteiger partial charge on any atom is -0.345 e. The molecule has 3 heteroatoms. The highest BCUT2D eigenvalue weighted by Crippen LogP contribution is 2.26. The number of hydrogen-bond donors (Lipinski definition) is 1. The van der Waals surface area contributed by atoms with Crippen molar-refractivity contribution in [3.63, 3.8) is 0 Å². The van der Waals surface area contributed by atoms with E-state index < -0.39 is 0 Å². The van der Waals surface area contributed by atoms with Crippen LogP contribution in [0, 0.1) is 0 Å². The smallest absolute Gasteiger partial charge is 0.251 e. The molecule has 0 radical (unpaired) electrons. The van der Waals surface area contributed by atoms with E-state index in [0.717, 1.165) is 18.5 Å². The van der Waals surface area contributed by atoms with Gasteiger partial charge in [0.1, 0.15) is 0 Å². The zero-order valence-corrected chi connectivity index (χ0v) is 17.8. The number of fused-ring (bicyclic) bond motifs is 1. The molecule has 29 heavy (non-hydrogen) atoms. The van der Waals surface area contributed by atoms with Crippen LogP contribution >= 0.6 is 0 Å². The Hall–Kier alpha value is -2.13. The van der Waals surface area contributed by atoms with Gasteiger partial charge in [0, 0.05) is 12.1 Å². The van der Waals surface area contributed by atoms with Crippen LogP contribution in [0.3, 0.4) is 0 Å². The second-order valence-corrected chi connectivity index (χ2v) is 8.70. The van der Waals surface area contributed by atoms with Gasteiger partial charge in [0.25, 0.3) is 5.91 Å². The Balaban J connectivity index is 1.39. The Kier molecular flexibility index (Phi) is 6.66. The van der Waals surface area contributed by atoms with E-state index in [4.69, 9.17) is 0 Å². The number of piperidine rings is 1. The highest BCUT2D eigenvalue weighted by Gasteiger charge is 2.17. The van der Waals surface area contributed by atoms with Crippen LogP contribution in [0.15, 0.2) is 42.5 Å². The summed E-state index contributed by atoms with van der Waals surface area (Å²) in [5.41, 5.74) is 6.26. The number of rotatable bonds is 6. The molecule has 1 heterocycles. The molecule has 1 N–H and O–H groups in total. The molecule has 0 unspecified atom stereocenters. The molecular formula is C26H34N2O. The average Bonchev–Trinajstić information content (AvgIpc) is 2.78. The fourth-order valence-electron chi connectivity index (χ4n) is 4.77. The predicted molar refractivity (Wildman–Crippen MR) is 119 cm³/mol. The van der Waals surface area contributed by atoms with E-state index in [9.17, 15) is 4.79 Å². The molecule has 1 amide bonds. The van der Waals surface area contributed by atoms with Crippen molar-refractivity contribution in [3.8, 4) is 0 Å². The molecular weight excluding hydrogens is 356 g/mol. The third kappa shape index (κ3) is 5.08. The Morgan fingerprint density at radius 2 is 1.66 bits per heavy atom. The second-order valence-electron chi connectivity index (χ2n) is 8.70. The van der Waals surface area contributed by atoms with Gasteiger partial charge in [0.05, 0.1) is 6.04 Å². The van der Waals surface area contributed by atoms with Gasteiger partial charge in [-0.25, -0.2) is 0 Å². The van der Waals surface area contributed by atoms with Crippen LogP contribution in [0.4, 0.5) is 0 Å². The van der Waals surface area contributed by atoms with E-state index in [-0.39, 0.29) is 11.9 Å². The van der Waals surface area contributed by atoms with Crippen molar-refractivity contribution < 1.29 is 4.79 Å². The van der Waals surface area contributed by atoms with Crippen LogP contribution < -0.4 is 5.32 Å². The third-order valence-electron chi connectivity index (χ3n) is 6.56. The van der Waals surface area contributed by atoms with E-state index >= 15 is 0 Å². The highest BCUT2D eigenvalue weighted by molar-refractivity contribution is 5.94. The third-order valence-corrected chi connectivity index (χ3v) is 6.56. The lowest BCUT2D eigenvalue weighted by Crippen LogP contribution is -2.29. The number of nitrogens with zero attached hydrogens (tertiary/aromatic N) is 1. The molecule has 154 valence electrons. The average molecular weight is 391 g/mol. The fourth-order valence-corrected chi connectivity index (χ4v) is 4.77. The first kappa shape index (κ1) is 20.2. The summed E-state index contributed by atoms with van der Waals surface area (Å²) in [4.78, 5) is 15.4. The first-order valence-electron chi connectivity index (χ1n) is 11.5. The molecule has 1 atom stereocenters. The summed E-state index contributed by atoms with van der Waals surface area (Å²) in [5.74, 6) is 0.0269. The zero-order valence-electron chi connectivity index (χ0n) is 17.8. The first-order chi connectivity index (χ1) is 14.2. The van der Waals surface area contributed by atoms with Gasteiger partial charge in [0.2, 0.25) is 0 Å². The number of aryl methyl sites for hydroxylation is 2. The molecule has 1 aliphatic heterocycles. The SMILES string of the molecule is CC[C@H](NC(=O)c1ccc(CN2CCCCC2)cc1)c1ccc2c(c1)CCCC2.